The van der Waals surface area contributed by atoms with Crippen molar-refractivity contribution in [2.24, 2.45) is 0 Å². The number of benzene rings is 1. The number of carbonyl (C=O) groups is 2. The van der Waals surface area contributed by atoms with Crippen molar-refractivity contribution in [3.05, 3.63) is 35.9 Å². The first-order chi connectivity index (χ1) is 12.1. The molecular formula is C20H28N2O3. The predicted molar refractivity (Wildman–Crippen MR) is 96.5 cm³/mol. The van der Waals surface area contributed by atoms with Crippen molar-refractivity contribution in [1.82, 2.24) is 9.80 Å². The highest BCUT2D eigenvalue weighted by Gasteiger charge is 2.48. The van der Waals surface area contributed by atoms with Gasteiger partial charge in [-0.3, -0.25) is 14.5 Å². The topological polar surface area (TPSA) is 60.9 Å². The van der Waals surface area contributed by atoms with E-state index in [1.54, 1.807) is 0 Å². The number of carboxylic acid groups (broad SMARTS) is 1. The predicted octanol–water partition coefficient (Wildman–Crippen LogP) is 2.51. The van der Waals surface area contributed by atoms with Crippen LogP contribution in [0.2, 0.25) is 0 Å². The van der Waals surface area contributed by atoms with Crippen LogP contribution in [0.5, 0.6) is 0 Å². The Labute approximate surface area is 149 Å². The first kappa shape index (κ1) is 17.9. The van der Waals surface area contributed by atoms with Gasteiger partial charge in [0.15, 0.2) is 0 Å². The van der Waals surface area contributed by atoms with Crippen LogP contribution in [0.25, 0.3) is 0 Å². The van der Waals surface area contributed by atoms with E-state index in [0.29, 0.717) is 0 Å². The zero-order chi connectivity index (χ0) is 17.9. The largest absolute Gasteiger partial charge is 0.480 e. The molecule has 1 N–H and O–H groups in total. The summed E-state index contributed by atoms with van der Waals surface area (Å²) in [7, 11) is 0. The summed E-state index contributed by atoms with van der Waals surface area (Å²) in [4.78, 5) is 28.3. The van der Waals surface area contributed by atoms with Crippen molar-refractivity contribution in [3.8, 4) is 0 Å². The van der Waals surface area contributed by atoms with Crippen LogP contribution in [-0.4, -0.2) is 59.0 Å². The maximum atomic E-state index is 13.2. The van der Waals surface area contributed by atoms with Gasteiger partial charge in [0.2, 0.25) is 5.91 Å². The molecule has 25 heavy (non-hydrogen) atoms. The number of likely N-dealkylation sites (N-methyl/N-ethyl adjacent to an activating group) is 1. The Hall–Kier alpha value is -1.88. The molecule has 0 atom stereocenters. The first-order valence-electron chi connectivity index (χ1n) is 9.37. The molecule has 0 aromatic heterocycles. The number of hydrogen-bond acceptors (Lipinski definition) is 3. The van der Waals surface area contributed by atoms with Crippen LogP contribution in [0, 0.1) is 0 Å². The minimum absolute atomic E-state index is 0.0864. The summed E-state index contributed by atoms with van der Waals surface area (Å²) in [5.41, 5.74) is 0.828. The number of piperidine rings is 1. The number of rotatable bonds is 6. The van der Waals surface area contributed by atoms with E-state index in [-0.39, 0.29) is 23.9 Å². The van der Waals surface area contributed by atoms with Gasteiger partial charge in [-0.25, -0.2) is 0 Å². The van der Waals surface area contributed by atoms with Gasteiger partial charge >= 0.3 is 5.97 Å². The van der Waals surface area contributed by atoms with Crippen molar-refractivity contribution >= 4 is 11.9 Å². The molecule has 1 aromatic carbocycles. The number of nitrogens with zero attached hydrogens (tertiary/aromatic N) is 2. The van der Waals surface area contributed by atoms with Crippen LogP contribution in [0.1, 0.15) is 44.6 Å². The molecule has 0 spiro atoms. The quantitative estimate of drug-likeness (QED) is 0.861. The van der Waals surface area contributed by atoms with Gasteiger partial charge in [0, 0.05) is 19.1 Å². The molecule has 5 heteroatoms. The fraction of sp³-hybridized carbons (Fsp3) is 0.600. The van der Waals surface area contributed by atoms with Crippen LogP contribution >= 0.6 is 0 Å². The number of hydrogen-bond donors (Lipinski definition) is 1. The van der Waals surface area contributed by atoms with E-state index in [9.17, 15) is 9.59 Å². The second kappa shape index (κ2) is 7.56. The molecule has 0 unspecified atom stereocenters. The lowest BCUT2D eigenvalue weighted by atomic mass is 9.63. The average Bonchev–Trinajstić information content (AvgIpc) is 2.59. The van der Waals surface area contributed by atoms with Gasteiger partial charge in [-0.1, -0.05) is 43.7 Å². The number of aliphatic carboxylic acids is 1. The van der Waals surface area contributed by atoms with Gasteiger partial charge in [0.05, 0.1) is 12.0 Å². The zero-order valence-electron chi connectivity index (χ0n) is 15.0. The Kier molecular flexibility index (Phi) is 5.42. The lowest BCUT2D eigenvalue weighted by Crippen LogP contribution is -2.55. The van der Waals surface area contributed by atoms with Gasteiger partial charge in [-0.15, -0.1) is 0 Å². The Morgan fingerprint density at radius 3 is 2.32 bits per heavy atom. The Bertz CT molecular complexity index is 605. The van der Waals surface area contributed by atoms with E-state index in [4.69, 9.17) is 5.11 Å². The molecule has 1 aliphatic heterocycles. The van der Waals surface area contributed by atoms with E-state index >= 15 is 0 Å². The summed E-state index contributed by atoms with van der Waals surface area (Å²) >= 11 is 0. The van der Waals surface area contributed by atoms with Crippen LogP contribution in [0.15, 0.2) is 30.3 Å². The molecule has 136 valence electrons. The van der Waals surface area contributed by atoms with E-state index in [2.05, 4.69) is 12.1 Å². The fourth-order valence-corrected chi connectivity index (χ4v) is 4.32. The number of likely N-dealkylation sites (tertiary alicyclic amines) is 1. The average molecular weight is 344 g/mol. The SMILES string of the molecule is CCN(CC(=O)O)C1CCN(C(=O)C2(c3ccccc3)CCC2)CC1. The molecule has 1 saturated heterocycles. The summed E-state index contributed by atoms with van der Waals surface area (Å²) in [6.07, 6.45) is 4.71. The second-order valence-electron chi connectivity index (χ2n) is 7.28. The van der Waals surface area contributed by atoms with Crippen LogP contribution in [0.4, 0.5) is 0 Å². The fourth-order valence-electron chi connectivity index (χ4n) is 4.32. The van der Waals surface area contributed by atoms with Gasteiger partial charge in [-0.05, 0) is 37.8 Å². The third kappa shape index (κ3) is 3.56. The Morgan fingerprint density at radius 2 is 1.84 bits per heavy atom. The van der Waals surface area contributed by atoms with Crippen molar-refractivity contribution in [1.29, 1.82) is 0 Å². The lowest BCUT2D eigenvalue weighted by Gasteiger charge is -2.46. The van der Waals surface area contributed by atoms with Crippen molar-refractivity contribution in [2.75, 3.05) is 26.2 Å². The van der Waals surface area contributed by atoms with Crippen molar-refractivity contribution in [3.63, 3.8) is 0 Å². The van der Waals surface area contributed by atoms with Gasteiger partial charge < -0.3 is 10.0 Å². The lowest BCUT2D eigenvalue weighted by molar-refractivity contribution is -0.144. The molecule has 1 amide bonds. The van der Waals surface area contributed by atoms with Gasteiger partial charge in [0.1, 0.15) is 0 Å². The third-order valence-corrected chi connectivity index (χ3v) is 5.96. The minimum Gasteiger partial charge on any atom is -0.480 e. The number of carbonyl (C=O) groups excluding carboxylic acids is 1. The molecule has 0 radical (unpaired) electrons. The van der Waals surface area contributed by atoms with Gasteiger partial charge in [-0.2, -0.15) is 0 Å². The van der Waals surface area contributed by atoms with Crippen molar-refractivity contribution in [2.45, 2.75) is 50.5 Å². The highest BCUT2D eigenvalue weighted by atomic mass is 16.4. The van der Waals surface area contributed by atoms with E-state index < -0.39 is 5.97 Å². The molecular weight excluding hydrogens is 316 g/mol. The standard InChI is InChI=1S/C20H28N2O3/c1-2-21(15-18(23)24)17-9-13-22(14-10-17)19(25)20(11-6-12-20)16-7-4-3-5-8-16/h3-5,7-8,17H,2,6,9-15H2,1H3,(H,23,24). The van der Waals surface area contributed by atoms with E-state index in [0.717, 1.165) is 57.3 Å². The second-order valence-corrected chi connectivity index (χ2v) is 7.28. The zero-order valence-corrected chi connectivity index (χ0v) is 15.0. The summed E-state index contributed by atoms with van der Waals surface area (Å²) in [6, 6.07) is 10.4. The summed E-state index contributed by atoms with van der Waals surface area (Å²) < 4.78 is 0. The molecule has 1 aliphatic carbocycles. The molecule has 2 aliphatic rings. The maximum Gasteiger partial charge on any atom is 0.317 e. The molecule has 2 fully saturated rings. The first-order valence-corrected chi connectivity index (χ1v) is 9.37. The monoisotopic (exact) mass is 344 g/mol. The molecule has 1 saturated carbocycles. The Balaban J connectivity index is 1.64. The van der Waals surface area contributed by atoms with Gasteiger partial charge in [0.25, 0.3) is 0 Å². The number of carboxylic acids is 1. The smallest absolute Gasteiger partial charge is 0.317 e. The third-order valence-electron chi connectivity index (χ3n) is 5.96. The van der Waals surface area contributed by atoms with E-state index in [1.807, 2.05) is 34.9 Å². The normalized spacial score (nSPS) is 20.3. The van der Waals surface area contributed by atoms with Crippen LogP contribution < -0.4 is 0 Å². The molecule has 1 aromatic rings. The minimum atomic E-state index is -0.780. The van der Waals surface area contributed by atoms with E-state index in [1.165, 1.54) is 0 Å². The number of amides is 1. The molecule has 5 nitrogen and oxygen atoms in total. The van der Waals surface area contributed by atoms with Crippen LogP contribution in [0.3, 0.4) is 0 Å². The highest BCUT2D eigenvalue weighted by Crippen LogP contribution is 2.45. The summed E-state index contributed by atoms with van der Waals surface area (Å²) in [5.74, 6) is -0.512. The maximum absolute atomic E-state index is 13.2. The summed E-state index contributed by atoms with van der Waals surface area (Å²) in [5, 5.41) is 9.05. The molecule has 3 rings (SSSR count). The molecule has 0 bridgehead atoms. The van der Waals surface area contributed by atoms with Crippen LogP contribution in [-0.2, 0) is 15.0 Å². The highest BCUT2D eigenvalue weighted by molar-refractivity contribution is 5.89. The Morgan fingerprint density at radius 1 is 1.20 bits per heavy atom. The van der Waals surface area contributed by atoms with Crippen molar-refractivity contribution < 1.29 is 14.7 Å². The molecule has 1 heterocycles. The summed E-state index contributed by atoms with van der Waals surface area (Å²) in [6.45, 7) is 4.28.